The number of aromatic carboxylic acids is 1. The Hall–Kier alpha value is -3.74. The zero-order valence-corrected chi connectivity index (χ0v) is 12.9. The van der Waals surface area contributed by atoms with Gasteiger partial charge in [0.2, 0.25) is 0 Å². The average Bonchev–Trinajstić information content (AvgIpc) is 3.11. The number of carboxylic acid groups (broad SMARTS) is 1. The summed E-state index contributed by atoms with van der Waals surface area (Å²) in [5, 5.41) is 12.9. The van der Waals surface area contributed by atoms with Crippen LogP contribution in [0.5, 0.6) is 0 Å². The third-order valence-corrected chi connectivity index (χ3v) is 3.30. The highest BCUT2D eigenvalue weighted by Crippen LogP contribution is 2.22. The molecule has 1 aromatic carbocycles. The summed E-state index contributed by atoms with van der Waals surface area (Å²) in [4.78, 5) is 26.7. The van der Waals surface area contributed by atoms with Crippen molar-refractivity contribution in [1.29, 1.82) is 0 Å². The molecule has 0 atom stereocenters. The summed E-state index contributed by atoms with van der Waals surface area (Å²) in [5.41, 5.74) is 3.58. The van der Waals surface area contributed by atoms with Crippen molar-refractivity contribution < 1.29 is 19.1 Å². The van der Waals surface area contributed by atoms with Crippen LogP contribution in [0.3, 0.4) is 0 Å². The first-order valence-corrected chi connectivity index (χ1v) is 7.30. The molecule has 0 saturated carbocycles. The number of carboxylic acids is 1. The van der Waals surface area contributed by atoms with Crippen LogP contribution in [0.1, 0.15) is 26.5 Å². The lowest BCUT2D eigenvalue weighted by atomic mass is 10.1. The van der Waals surface area contributed by atoms with E-state index in [4.69, 9.17) is 9.52 Å². The second kappa shape index (κ2) is 7.22. The minimum atomic E-state index is -1.01. The molecule has 0 unspecified atom stereocenters. The molecular weight excluding hydrogens is 322 g/mol. The molecule has 7 nitrogen and oxygen atoms in total. The van der Waals surface area contributed by atoms with Crippen LogP contribution in [-0.2, 0) is 0 Å². The number of hydrogen-bond acceptors (Lipinski definition) is 5. The van der Waals surface area contributed by atoms with Crippen LogP contribution in [0.25, 0.3) is 11.3 Å². The number of pyridine rings is 1. The Morgan fingerprint density at radius 2 is 1.96 bits per heavy atom. The van der Waals surface area contributed by atoms with Crippen molar-refractivity contribution in [2.24, 2.45) is 5.10 Å². The van der Waals surface area contributed by atoms with Gasteiger partial charge in [-0.15, -0.1) is 0 Å². The zero-order chi connectivity index (χ0) is 17.6. The van der Waals surface area contributed by atoms with Gasteiger partial charge in [-0.05, 0) is 36.4 Å². The van der Waals surface area contributed by atoms with Gasteiger partial charge in [0.15, 0.2) is 0 Å². The number of hydrazone groups is 1. The standard InChI is InChI=1S/C18H13N3O4/c22-17(14-5-2-8-19-10-14)21-20-11-15-6-7-16(25-15)12-3-1-4-13(9-12)18(23)24/h1-11H,(H,21,22)(H,23,24)/b20-11+. The maximum atomic E-state index is 11.8. The fraction of sp³-hybridized carbons (Fsp3) is 0. The molecule has 3 rings (SSSR count). The Morgan fingerprint density at radius 3 is 2.72 bits per heavy atom. The van der Waals surface area contributed by atoms with Crippen molar-refractivity contribution in [1.82, 2.24) is 10.4 Å². The molecule has 0 fully saturated rings. The number of carbonyl (C=O) groups excluding carboxylic acids is 1. The van der Waals surface area contributed by atoms with E-state index in [-0.39, 0.29) is 11.5 Å². The molecule has 2 heterocycles. The Balaban J connectivity index is 1.68. The minimum absolute atomic E-state index is 0.174. The summed E-state index contributed by atoms with van der Waals surface area (Å²) < 4.78 is 5.59. The number of rotatable bonds is 5. The van der Waals surface area contributed by atoms with E-state index in [1.165, 1.54) is 24.5 Å². The molecule has 1 amide bonds. The van der Waals surface area contributed by atoms with Crippen LogP contribution >= 0.6 is 0 Å². The van der Waals surface area contributed by atoms with Gasteiger partial charge >= 0.3 is 5.97 Å². The molecule has 0 saturated heterocycles. The molecule has 25 heavy (non-hydrogen) atoms. The van der Waals surface area contributed by atoms with E-state index in [1.54, 1.807) is 42.6 Å². The topological polar surface area (TPSA) is 105 Å². The van der Waals surface area contributed by atoms with Gasteiger partial charge in [0, 0.05) is 18.0 Å². The van der Waals surface area contributed by atoms with Gasteiger partial charge in [0.25, 0.3) is 5.91 Å². The molecule has 2 N–H and O–H groups in total. The van der Waals surface area contributed by atoms with E-state index in [1.807, 2.05) is 0 Å². The van der Waals surface area contributed by atoms with Crippen LogP contribution in [0.2, 0.25) is 0 Å². The van der Waals surface area contributed by atoms with Gasteiger partial charge < -0.3 is 9.52 Å². The molecule has 0 aliphatic carbocycles. The first kappa shape index (κ1) is 16.1. The van der Waals surface area contributed by atoms with Crippen LogP contribution in [0.15, 0.2) is 70.4 Å². The Bertz CT molecular complexity index is 932. The molecule has 0 aliphatic rings. The lowest BCUT2D eigenvalue weighted by Crippen LogP contribution is -2.17. The van der Waals surface area contributed by atoms with Gasteiger partial charge in [-0.3, -0.25) is 9.78 Å². The van der Waals surface area contributed by atoms with Gasteiger partial charge in [-0.25, -0.2) is 10.2 Å². The van der Waals surface area contributed by atoms with Crippen LogP contribution in [0, 0.1) is 0 Å². The number of hydrogen-bond donors (Lipinski definition) is 2. The second-order valence-electron chi connectivity index (χ2n) is 5.03. The number of nitrogens with one attached hydrogen (secondary N) is 1. The van der Waals surface area contributed by atoms with Crippen LogP contribution in [0.4, 0.5) is 0 Å². The highest BCUT2D eigenvalue weighted by molar-refractivity contribution is 5.94. The summed E-state index contributed by atoms with van der Waals surface area (Å²) in [5.74, 6) is -0.469. The fourth-order valence-corrected chi connectivity index (χ4v) is 2.10. The van der Waals surface area contributed by atoms with E-state index in [0.29, 0.717) is 22.6 Å². The van der Waals surface area contributed by atoms with Crippen molar-refractivity contribution >= 4 is 18.1 Å². The van der Waals surface area contributed by atoms with Crippen molar-refractivity contribution in [2.75, 3.05) is 0 Å². The largest absolute Gasteiger partial charge is 0.478 e. The van der Waals surface area contributed by atoms with E-state index >= 15 is 0 Å². The highest BCUT2D eigenvalue weighted by Gasteiger charge is 2.08. The van der Waals surface area contributed by atoms with Gasteiger partial charge in [-0.2, -0.15) is 5.10 Å². The molecule has 0 spiro atoms. The third kappa shape index (κ3) is 3.97. The average molecular weight is 335 g/mol. The first-order valence-electron chi connectivity index (χ1n) is 7.30. The number of benzene rings is 1. The normalized spacial score (nSPS) is 10.7. The van der Waals surface area contributed by atoms with E-state index in [2.05, 4.69) is 15.5 Å². The molecule has 0 radical (unpaired) electrons. The first-order chi connectivity index (χ1) is 12.1. The van der Waals surface area contributed by atoms with Gasteiger partial charge in [0.1, 0.15) is 11.5 Å². The monoisotopic (exact) mass is 335 g/mol. The van der Waals surface area contributed by atoms with Crippen molar-refractivity contribution in [3.8, 4) is 11.3 Å². The molecule has 3 aromatic rings. The number of amides is 1. The molecule has 2 aromatic heterocycles. The molecule has 124 valence electrons. The van der Waals surface area contributed by atoms with Crippen molar-refractivity contribution in [3.05, 3.63) is 77.8 Å². The lowest BCUT2D eigenvalue weighted by Gasteiger charge is -1.99. The van der Waals surface area contributed by atoms with Gasteiger partial charge in [0.05, 0.1) is 17.3 Å². The lowest BCUT2D eigenvalue weighted by molar-refractivity contribution is 0.0696. The summed E-state index contributed by atoms with van der Waals surface area (Å²) in [7, 11) is 0. The maximum absolute atomic E-state index is 11.8. The fourth-order valence-electron chi connectivity index (χ4n) is 2.10. The second-order valence-corrected chi connectivity index (χ2v) is 5.03. The van der Waals surface area contributed by atoms with E-state index in [0.717, 1.165) is 0 Å². The molecule has 0 bridgehead atoms. The minimum Gasteiger partial charge on any atom is -0.478 e. The summed E-state index contributed by atoms with van der Waals surface area (Å²) in [6.45, 7) is 0. The molecular formula is C18H13N3O4. The summed E-state index contributed by atoms with van der Waals surface area (Å²) >= 11 is 0. The Morgan fingerprint density at radius 1 is 1.12 bits per heavy atom. The summed E-state index contributed by atoms with van der Waals surface area (Å²) in [6.07, 6.45) is 4.37. The van der Waals surface area contributed by atoms with E-state index < -0.39 is 5.97 Å². The van der Waals surface area contributed by atoms with Crippen LogP contribution < -0.4 is 5.43 Å². The number of aromatic nitrogens is 1. The van der Waals surface area contributed by atoms with Crippen LogP contribution in [-0.4, -0.2) is 28.2 Å². The quantitative estimate of drug-likeness (QED) is 0.551. The van der Waals surface area contributed by atoms with Gasteiger partial charge in [-0.1, -0.05) is 12.1 Å². The number of carbonyl (C=O) groups is 2. The predicted octanol–water partition coefficient (Wildman–Crippen LogP) is 2.80. The smallest absolute Gasteiger partial charge is 0.335 e. The Labute approximate surface area is 142 Å². The SMILES string of the molecule is O=C(O)c1cccc(-c2ccc(/C=N/NC(=O)c3cccnc3)o2)c1. The highest BCUT2D eigenvalue weighted by atomic mass is 16.4. The Kier molecular flexibility index (Phi) is 4.66. The maximum Gasteiger partial charge on any atom is 0.335 e. The van der Waals surface area contributed by atoms with E-state index in [9.17, 15) is 9.59 Å². The third-order valence-electron chi connectivity index (χ3n) is 3.30. The van der Waals surface area contributed by atoms with Crippen molar-refractivity contribution in [2.45, 2.75) is 0 Å². The number of nitrogens with zero attached hydrogens (tertiary/aromatic N) is 2. The predicted molar refractivity (Wildman–Crippen MR) is 90.4 cm³/mol. The van der Waals surface area contributed by atoms with Crippen molar-refractivity contribution in [3.63, 3.8) is 0 Å². The summed E-state index contributed by atoms with van der Waals surface area (Å²) in [6, 6.07) is 13.1. The molecule has 7 heteroatoms. The molecule has 0 aliphatic heterocycles. The number of furan rings is 1. The zero-order valence-electron chi connectivity index (χ0n) is 12.9.